The first-order valence-electron chi connectivity index (χ1n) is 6.66. The highest BCUT2D eigenvalue weighted by molar-refractivity contribution is 8.00. The summed E-state index contributed by atoms with van der Waals surface area (Å²) in [6.45, 7) is 0.120. The molecule has 23 heavy (non-hydrogen) atoms. The largest absolute Gasteiger partial charge is 0.416 e. The van der Waals surface area contributed by atoms with Gasteiger partial charge in [0, 0.05) is 11.4 Å². The van der Waals surface area contributed by atoms with Crippen LogP contribution in [-0.4, -0.2) is 11.7 Å². The molecule has 1 amide bonds. The van der Waals surface area contributed by atoms with Crippen LogP contribution in [0.15, 0.2) is 53.4 Å². The SMILES string of the molecule is O=C(CSc1ccccc1F)NCc1ccc(C(F)(F)F)cc1. The summed E-state index contributed by atoms with van der Waals surface area (Å²) in [5, 5.41) is 2.58. The van der Waals surface area contributed by atoms with Crippen LogP contribution in [0.2, 0.25) is 0 Å². The number of hydrogen-bond donors (Lipinski definition) is 1. The number of carbonyl (C=O) groups is 1. The third-order valence-corrected chi connectivity index (χ3v) is 4.01. The predicted octanol–water partition coefficient (Wildman–Crippen LogP) is 4.25. The third-order valence-electron chi connectivity index (χ3n) is 2.97. The highest BCUT2D eigenvalue weighted by atomic mass is 32.2. The Morgan fingerprint density at radius 3 is 2.30 bits per heavy atom. The Morgan fingerprint density at radius 1 is 1.04 bits per heavy atom. The first-order valence-corrected chi connectivity index (χ1v) is 7.65. The van der Waals surface area contributed by atoms with Crippen molar-refractivity contribution >= 4 is 17.7 Å². The molecule has 0 aliphatic rings. The molecule has 0 saturated heterocycles. The summed E-state index contributed by atoms with van der Waals surface area (Å²) in [6.07, 6.45) is -4.38. The van der Waals surface area contributed by atoms with Crippen molar-refractivity contribution < 1.29 is 22.4 Å². The van der Waals surface area contributed by atoms with Crippen LogP contribution in [-0.2, 0) is 17.5 Å². The van der Waals surface area contributed by atoms with Crippen LogP contribution in [0.25, 0.3) is 0 Å². The molecule has 0 fully saturated rings. The van der Waals surface area contributed by atoms with Gasteiger partial charge in [0.25, 0.3) is 0 Å². The fraction of sp³-hybridized carbons (Fsp3) is 0.188. The standard InChI is InChI=1S/C16H13F4NOS/c17-13-3-1-2-4-14(13)23-10-15(22)21-9-11-5-7-12(8-6-11)16(18,19)20/h1-8H,9-10H2,(H,21,22). The molecule has 7 heteroatoms. The minimum Gasteiger partial charge on any atom is -0.351 e. The second-order valence-electron chi connectivity index (χ2n) is 4.69. The van der Waals surface area contributed by atoms with Crippen molar-refractivity contribution in [1.82, 2.24) is 5.32 Å². The fourth-order valence-corrected chi connectivity index (χ4v) is 2.54. The molecular weight excluding hydrogens is 330 g/mol. The van der Waals surface area contributed by atoms with E-state index < -0.39 is 17.6 Å². The second-order valence-corrected chi connectivity index (χ2v) is 5.71. The van der Waals surface area contributed by atoms with E-state index in [1.807, 2.05) is 0 Å². The molecule has 0 aliphatic carbocycles. The molecule has 0 spiro atoms. The number of amides is 1. The van der Waals surface area contributed by atoms with E-state index in [1.165, 1.54) is 18.2 Å². The minimum absolute atomic E-state index is 0.0293. The van der Waals surface area contributed by atoms with Gasteiger partial charge in [-0.3, -0.25) is 4.79 Å². The smallest absolute Gasteiger partial charge is 0.351 e. The molecule has 0 bridgehead atoms. The van der Waals surface area contributed by atoms with Crippen LogP contribution in [0, 0.1) is 5.82 Å². The highest BCUT2D eigenvalue weighted by Crippen LogP contribution is 2.29. The molecule has 2 nitrogen and oxygen atoms in total. The van der Waals surface area contributed by atoms with Gasteiger partial charge in [-0.15, -0.1) is 11.8 Å². The average molecular weight is 343 g/mol. The lowest BCUT2D eigenvalue weighted by atomic mass is 10.1. The maximum Gasteiger partial charge on any atom is 0.416 e. The van der Waals surface area contributed by atoms with E-state index in [4.69, 9.17) is 0 Å². The molecular formula is C16H13F4NOS. The van der Waals surface area contributed by atoms with Crippen molar-refractivity contribution in [2.45, 2.75) is 17.6 Å². The van der Waals surface area contributed by atoms with Crippen LogP contribution < -0.4 is 5.32 Å². The van der Waals surface area contributed by atoms with Crippen molar-refractivity contribution in [3.8, 4) is 0 Å². The van der Waals surface area contributed by atoms with Gasteiger partial charge < -0.3 is 5.32 Å². The molecule has 0 aliphatic heterocycles. The molecule has 0 aromatic heterocycles. The fourth-order valence-electron chi connectivity index (χ4n) is 1.77. The highest BCUT2D eigenvalue weighted by Gasteiger charge is 2.29. The topological polar surface area (TPSA) is 29.1 Å². The van der Waals surface area contributed by atoms with Crippen LogP contribution in [0.5, 0.6) is 0 Å². The van der Waals surface area contributed by atoms with Crippen molar-refractivity contribution in [2.24, 2.45) is 0 Å². The average Bonchev–Trinajstić information content (AvgIpc) is 2.51. The van der Waals surface area contributed by atoms with E-state index in [2.05, 4.69) is 5.32 Å². The Bertz CT molecular complexity index is 671. The maximum atomic E-state index is 13.4. The van der Waals surface area contributed by atoms with E-state index in [0.717, 1.165) is 23.9 Å². The van der Waals surface area contributed by atoms with Gasteiger partial charge in [-0.1, -0.05) is 24.3 Å². The number of nitrogens with one attached hydrogen (secondary N) is 1. The van der Waals surface area contributed by atoms with Gasteiger partial charge in [0.05, 0.1) is 11.3 Å². The Balaban J connectivity index is 1.81. The number of rotatable bonds is 5. The van der Waals surface area contributed by atoms with Crippen molar-refractivity contribution in [3.63, 3.8) is 0 Å². The number of alkyl halides is 3. The van der Waals surface area contributed by atoms with E-state index >= 15 is 0 Å². The van der Waals surface area contributed by atoms with Crippen molar-refractivity contribution in [1.29, 1.82) is 0 Å². The summed E-state index contributed by atoms with van der Waals surface area (Å²) in [7, 11) is 0. The van der Waals surface area contributed by atoms with Gasteiger partial charge in [-0.25, -0.2) is 4.39 Å². The summed E-state index contributed by atoms with van der Waals surface area (Å²) in [5.74, 6) is -0.687. The summed E-state index contributed by atoms with van der Waals surface area (Å²) in [6, 6.07) is 10.7. The Morgan fingerprint density at radius 2 is 1.70 bits per heavy atom. The van der Waals surface area contributed by atoms with Crippen molar-refractivity contribution in [2.75, 3.05) is 5.75 Å². The molecule has 0 radical (unpaired) electrons. The molecule has 122 valence electrons. The number of carbonyl (C=O) groups excluding carboxylic acids is 1. The van der Waals surface area contributed by atoms with Gasteiger partial charge in [0.2, 0.25) is 5.91 Å². The van der Waals surface area contributed by atoms with Crippen molar-refractivity contribution in [3.05, 3.63) is 65.5 Å². The van der Waals surface area contributed by atoms with Gasteiger partial charge in [0.1, 0.15) is 5.82 Å². The zero-order chi connectivity index (χ0) is 16.9. The molecule has 0 saturated carbocycles. The van der Waals surface area contributed by atoms with E-state index in [0.29, 0.717) is 10.5 Å². The lowest BCUT2D eigenvalue weighted by molar-refractivity contribution is -0.137. The third kappa shape index (κ3) is 5.28. The summed E-state index contributed by atoms with van der Waals surface area (Å²) >= 11 is 1.06. The Kier molecular flexibility index (Phi) is 5.65. The van der Waals surface area contributed by atoms with E-state index in [-0.39, 0.29) is 18.2 Å². The number of halogens is 4. The van der Waals surface area contributed by atoms with E-state index in [1.54, 1.807) is 18.2 Å². The van der Waals surface area contributed by atoms with Gasteiger partial charge in [-0.2, -0.15) is 13.2 Å². The zero-order valence-corrected chi connectivity index (χ0v) is 12.7. The van der Waals surface area contributed by atoms with Crippen LogP contribution in [0.4, 0.5) is 17.6 Å². The number of thioether (sulfide) groups is 1. The van der Waals surface area contributed by atoms with Crippen LogP contribution in [0.1, 0.15) is 11.1 Å². The lowest BCUT2D eigenvalue weighted by Crippen LogP contribution is -2.24. The van der Waals surface area contributed by atoms with Gasteiger partial charge in [0.15, 0.2) is 0 Å². The van der Waals surface area contributed by atoms with Crippen LogP contribution >= 0.6 is 11.8 Å². The summed E-state index contributed by atoms with van der Waals surface area (Å²) in [5.41, 5.74) is -0.176. The predicted molar refractivity (Wildman–Crippen MR) is 80.4 cm³/mol. The molecule has 0 atom stereocenters. The first kappa shape index (κ1) is 17.3. The molecule has 2 aromatic carbocycles. The number of hydrogen-bond acceptors (Lipinski definition) is 2. The molecule has 2 rings (SSSR count). The zero-order valence-electron chi connectivity index (χ0n) is 11.9. The maximum absolute atomic E-state index is 13.4. The quantitative estimate of drug-likeness (QED) is 0.649. The molecule has 2 aromatic rings. The second kappa shape index (κ2) is 7.50. The molecule has 1 N–H and O–H groups in total. The summed E-state index contributed by atoms with van der Waals surface area (Å²) < 4.78 is 50.7. The summed E-state index contributed by atoms with van der Waals surface area (Å²) in [4.78, 5) is 12.1. The first-order chi connectivity index (χ1) is 10.9. The van der Waals surface area contributed by atoms with Gasteiger partial charge in [-0.05, 0) is 29.8 Å². The van der Waals surface area contributed by atoms with Crippen LogP contribution in [0.3, 0.4) is 0 Å². The van der Waals surface area contributed by atoms with E-state index in [9.17, 15) is 22.4 Å². The lowest BCUT2D eigenvalue weighted by Gasteiger charge is -2.09. The molecule has 0 unspecified atom stereocenters. The normalized spacial score (nSPS) is 11.3. The minimum atomic E-state index is -4.38. The number of benzene rings is 2. The Hall–Kier alpha value is -2.02. The van der Waals surface area contributed by atoms with Gasteiger partial charge >= 0.3 is 6.18 Å². The Labute approximate surface area is 134 Å². The monoisotopic (exact) mass is 343 g/mol. The molecule has 0 heterocycles.